The maximum absolute atomic E-state index is 10.6. The molecule has 0 saturated carbocycles. The number of rotatable bonds is 4. The number of aliphatic hydroxyl groups excluding tert-OH is 1. The molecule has 0 radical (unpaired) electrons. The average Bonchev–Trinajstić information content (AvgIpc) is 2.21. The van der Waals surface area contributed by atoms with Crippen LogP contribution in [0.15, 0.2) is 23.5 Å². The Bertz CT molecular complexity index is 417. The zero-order chi connectivity index (χ0) is 13.2. The second kappa shape index (κ2) is 4.57. The number of allylic oxidation sites excluding steroid dienone is 1. The van der Waals surface area contributed by atoms with Gasteiger partial charge in [0.1, 0.15) is 0 Å². The van der Waals surface area contributed by atoms with Crippen molar-refractivity contribution in [1.82, 2.24) is 0 Å². The first-order chi connectivity index (χ1) is 7.81. The van der Waals surface area contributed by atoms with Gasteiger partial charge in [0.25, 0.3) is 11.4 Å². The van der Waals surface area contributed by atoms with E-state index in [0.29, 0.717) is 6.08 Å². The van der Waals surface area contributed by atoms with Crippen LogP contribution in [0.3, 0.4) is 0 Å². The highest BCUT2D eigenvalue weighted by Gasteiger charge is 2.47. The standard InChI is InChI=1S/C8H11N3O6/c1-2-17-8(9)4-5(10(13)14)3-6(7(8)12)11(15)16/h3-4,7,12H,2,9H2,1H3. The Labute approximate surface area is 95.5 Å². The van der Waals surface area contributed by atoms with Gasteiger partial charge in [-0.3, -0.25) is 26.0 Å². The molecule has 1 rings (SSSR count). The number of nitrogens with zero attached hydrogens (tertiary/aromatic N) is 2. The fourth-order valence-electron chi connectivity index (χ4n) is 1.44. The summed E-state index contributed by atoms with van der Waals surface area (Å²) in [6, 6.07) is 0. The quantitative estimate of drug-likeness (QED) is 0.381. The van der Waals surface area contributed by atoms with Gasteiger partial charge in [-0.05, 0) is 6.92 Å². The van der Waals surface area contributed by atoms with Crippen LogP contribution in [-0.2, 0) is 4.74 Å². The van der Waals surface area contributed by atoms with Crippen LogP contribution in [0.4, 0.5) is 0 Å². The molecule has 0 aromatic carbocycles. The molecule has 1 aliphatic carbocycles. The summed E-state index contributed by atoms with van der Waals surface area (Å²) in [5.41, 5.74) is 2.25. The number of hydrogen-bond acceptors (Lipinski definition) is 7. The number of aliphatic hydroxyl groups is 1. The van der Waals surface area contributed by atoms with Crippen LogP contribution in [0, 0.1) is 20.2 Å². The largest absolute Gasteiger partial charge is 0.378 e. The maximum Gasteiger partial charge on any atom is 0.286 e. The van der Waals surface area contributed by atoms with Gasteiger partial charge >= 0.3 is 0 Å². The Hall–Kier alpha value is -1.84. The van der Waals surface area contributed by atoms with E-state index in [0.717, 1.165) is 6.08 Å². The van der Waals surface area contributed by atoms with Crippen LogP contribution in [0.2, 0.25) is 0 Å². The molecule has 0 fully saturated rings. The van der Waals surface area contributed by atoms with Crippen molar-refractivity contribution < 1.29 is 19.7 Å². The van der Waals surface area contributed by atoms with Crippen LogP contribution in [0.5, 0.6) is 0 Å². The predicted octanol–water partition coefficient (Wildman–Crippen LogP) is -0.626. The van der Waals surface area contributed by atoms with Gasteiger partial charge in [-0.2, -0.15) is 0 Å². The first-order valence-corrected chi connectivity index (χ1v) is 4.66. The van der Waals surface area contributed by atoms with E-state index < -0.39 is 33.1 Å². The molecule has 9 nitrogen and oxygen atoms in total. The molecule has 0 amide bonds. The second-order valence-electron chi connectivity index (χ2n) is 3.34. The summed E-state index contributed by atoms with van der Waals surface area (Å²) in [6.07, 6.45) is -0.246. The molecule has 0 saturated heterocycles. The predicted molar refractivity (Wildman–Crippen MR) is 54.7 cm³/mol. The van der Waals surface area contributed by atoms with Gasteiger partial charge in [0.15, 0.2) is 11.8 Å². The molecule has 94 valence electrons. The molecular formula is C8H11N3O6. The van der Waals surface area contributed by atoms with Crippen molar-refractivity contribution in [3.8, 4) is 0 Å². The lowest BCUT2D eigenvalue weighted by atomic mass is 9.97. The van der Waals surface area contributed by atoms with Crippen molar-refractivity contribution >= 4 is 0 Å². The van der Waals surface area contributed by atoms with E-state index in [4.69, 9.17) is 10.5 Å². The van der Waals surface area contributed by atoms with Crippen molar-refractivity contribution in [2.45, 2.75) is 18.8 Å². The highest BCUT2D eigenvalue weighted by atomic mass is 16.6. The summed E-state index contributed by atoms with van der Waals surface area (Å²) in [6.45, 7) is 1.59. The van der Waals surface area contributed by atoms with Crippen LogP contribution >= 0.6 is 0 Å². The van der Waals surface area contributed by atoms with Gasteiger partial charge in [-0.15, -0.1) is 0 Å². The summed E-state index contributed by atoms with van der Waals surface area (Å²) >= 11 is 0. The molecule has 0 aromatic rings. The minimum atomic E-state index is -1.96. The summed E-state index contributed by atoms with van der Waals surface area (Å²) < 4.78 is 4.95. The van der Waals surface area contributed by atoms with E-state index in [2.05, 4.69) is 0 Å². The number of hydrogen-bond donors (Lipinski definition) is 2. The SMILES string of the molecule is CCOC1(N)C=C([N+](=O)[O-])C=C([N+](=O)[O-])C1O. The molecule has 9 heteroatoms. The highest BCUT2D eigenvalue weighted by molar-refractivity contribution is 5.29. The molecule has 0 heterocycles. The summed E-state index contributed by atoms with van der Waals surface area (Å²) in [5.74, 6) is 0. The van der Waals surface area contributed by atoms with Gasteiger partial charge in [-0.25, -0.2) is 0 Å². The van der Waals surface area contributed by atoms with Crippen molar-refractivity contribution in [2.75, 3.05) is 6.61 Å². The average molecular weight is 245 g/mol. The second-order valence-corrected chi connectivity index (χ2v) is 3.34. The minimum Gasteiger partial charge on any atom is -0.378 e. The van der Waals surface area contributed by atoms with Crippen LogP contribution < -0.4 is 5.73 Å². The van der Waals surface area contributed by atoms with Crippen molar-refractivity contribution in [1.29, 1.82) is 0 Å². The summed E-state index contributed by atoms with van der Waals surface area (Å²) in [4.78, 5) is 19.5. The molecule has 0 aliphatic heterocycles. The molecular weight excluding hydrogens is 234 g/mol. The molecule has 0 aromatic heterocycles. The Kier molecular flexibility index (Phi) is 3.56. The van der Waals surface area contributed by atoms with E-state index >= 15 is 0 Å². The molecule has 2 unspecified atom stereocenters. The highest BCUT2D eigenvalue weighted by Crippen LogP contribution is 2.27. The van der Waals surface area contributed by atoms with E-state index in [1.165, 1.54) is 0 Å². The monoisotopic (exact) mass is 245 g/mol. The third kappa shape index (κ3) is 2.46. The Morgan fingerprint density at radius 1 is 1.53 bits per heavy atom. The Balaban J connectivity index is 3.25. The van der Waals surface area contributed by atoms with Gasteiger partial charge in [-0.1, -0.05) is 0 Å². The number of nitrogens with two attached hydrogens (primary N) is 1. The molecule has 3 N–H and O–H groups in total. The molecule has 0 spiro atoms. The van der Waals surface area contributed by atoms with Gasteiger partial charge in [0.05, 0.1) is 15.9 Å². The third-order valence-corrected chi connectivity index (χ3v) is 2.19. The smallest absolute Gasteiger partial charge is 0.286 e. The van der Waals surface area contributed by atoms with E-state index in [9.17, 15) is 25.3 Å². The number of nitro groups is 2. The lowest BCUT2D eigenvalue weighted by Crippen LogP contribution is -2.55. The zero-order valence-corrected chi connectivity index (χ0v) is 8.90. The topological polar surface area (TPSA) is 142 Å². The van der Waals surface area contributed by atoms with E-state index in [-0.39, 0.29) is 6.61 Å². The number of ether oxygens (including phenoxy) is 1. The first kappa shape index (κ1) is 13.2. The third-order valence-electron chi connectivity index (χ3n) is 2.19. The molecule has 2 atom stereocenters. The van der Waals surface area contributed by atoms with Crippen molar-refractivity contribution in [2.24, 2.45) is 5.73 Å². The Morgan fingerprint density at radius 2 is 2.12 bits per heavy atom. The normalized spacial score (nSPS) is 28.3. The summed E-state index contributed by atoms with van der Waals surface area (Å²) in [5, 5.41) is 30.9. The lowest BCUT2D eigenvalue weighted by Gasteiger charge is -2.30. The van der Waals surface area contributed by atoms with Gasteiger partial charge < -0.3 is 9.84 Å². The zero-order valence-electron chi connectivity index (χ0n) is 8.90. The van der Waals surface area contributed by atoms with Crippen LogP contribution in [0.25, 0.3) is 0 Å². The maximum atomic E-state index is 10.6. The fourth-order valence-corrected chi connectivity index (χ4v) is 1.44. The molecule has 1 aliphatic rings. The fraction of sp³-hybridized carbons (Fsp3) is 0.500. The van der Waals surface area contributed by atoms with Gasteiger partial charge in [0, 0.05) is 12.7 Å². The van der Waals surface area contributed by atoms with Crippen molar-refractivity contribution in [3.63, 3.8) is 0 Å². The van der Waals surface area contributed by atoms with E-state index in [1.807, 2.05) is 0 Å². The first-order valence-electron chi connectivity index (χ1n) is 4.66. The van der Waals surface area contributed by atoms with Crippen LogP contribution in [-0.4, -0.2) is 33.4 Å². The summed E-state index contributed by atoms with van der Waals surface area (Å²) in [7, 11) is 0. The minimum absolute atomic E-state index is 0.0417. The van der Waals surface area contributed by atoms with Crippen LogP contribution in [0.1, 0.15) is 6.92 Å². The Morgan fingerprint density at radius 3 is 2.53 bits per heavy atom. The molecule has 17 heavy (non-hydrogen) atoms. The van der Waals surface area contributed by atoms with E-state index in [1.54, 1.807) is 6.92 Å². The van der Waals surface area contributed by atoms with Gasteiger partial charge in [0.2, 0.25) is 0 Å². The molecule has 0 bridgehead atoms. The van der Waals surface area contributed by atoms with Crippen molar-refractivity contribution in [3.05, 3.63) is 43.8 Å². The lowest BCUT2D eigenvalue weighted by molar-refractivity contribution is -0.449.